The quantitative estimate of drug-likeness (QED) is 0.655. The summed E-state index contributed by atoms with van der Waals surface area (Å²) < 4.78 is 0. The van der Waals surface area contributed by atoms with Gasteiger partial charge in [-0.3, -0.25) is 0 Å². The van der Waals surface area contributed by atoms with Crippen LogP contribution in [0, 0.1) is 0 Å². The van der Waals surface area contributed by atoms with Gasteiger partial charge < -0.3 is 25.3 Å². The summed E-state index contributed by atoms with van der Waals surface area (Å²) in [7, 11) is 0. The number of nitrogen functional groups attached to an aromatic ring is 1. The van der Waals surface area contributed by atoms with Crippen molar-refractivity contribution in [2.75, 3.05) is 77.7 Å². The van der Waals surface area contributed by atoms with E-state index in [4.69, 9.17) is 17.3 Å². The van der Waals surface area contributed by atoms with Gasteiger partial charge in [0.15, 0.2) is 11.6 Å². The molecule has 5 rings (SSSR count). The summed E-state index contributed by atoms with van der Waals surface area (Å²) in [5, 5.41) is 0.766. The zero-order chi connectivity index (χ0) is 21.9. The van der Waals surface area contributed by atoms with Crippen molar-refractivity contribution in [3.8, 4) is 0 Å². The van der Waals surface area contributed by atoms with Crippen molar-refractivity contribution in [1.82, 2.24) is 9.97 Å². The van der Waals surface area contributed by atoms with E-state index in [0.29, 0.717) is 5.69 Å². The largest absolute Gasteiger partial charge is 0.393 e. The lowest BCUT2D eigenvalue weighted by molar-refractivity contribution is 0.639. The number of halogens is 1. The van der Waals surface area contributed by atoms with Crippen LogP contribution in [0.2, 0.25) is 5.02 Å². The van der Waals surface area contributed by atoms with Crippen molar-refractivity contribution in [3.05, 3.63) is 65.9 Å². The van der Waals surface area contributed by atoms with E-state index in [1.165, 1.54) is 5.69 Å². The van der Waals surface area contributed by atoms with Gasteiger partial charge in [-0.2, -0.15) is 0 Å². The lowest BCUT2D eigenvalue weighted by Crippen LogP contribution is -2.48. The molecule has 2 aromatic carbocycles. The van der Waals surface area contributed by atoms with Crippen molar-refractivity contribution < 1.29 is 0 Å². The molecule has 2 fully saturated rings. The topological polar surface area (TPSA) is 64.8 Å². The smallest absolute Gasteiger partial charge is 0.157 e. The van der Waals surface area contributed by atoms with Gasteiger partial charge in [0, 0.05) is 68.8 Å². The summed E-state index contributed by atoms with van der Waals surface area (Å²) in [5.41, 5.74) is 9.70. The number of hydrogen-bond acceptors (Lipinski definition) is 7. The van der Waals surface area contributed by atoms with Crippen molar-refractivity contribution in [2.24, 2.45) is 0 Å². The number of aromatic nitrogens is 2. The zero-order valence-electron chi connectivity index (χ0n) is 18.1. The fourth-order valence-electron chi connectivity index (χ4n) is 4.55. The number of rotatable bonds is 4. The second kappa shape index (κ2) is 9.12. The third kappa shape index (κ3) is 4.25. The number of para-hydroxylation sites is 1. The molecule has 7 nitrogen and oxygen atoms in total. The minimum absolute atomic E-state index is 0.678. The molecule has 0 aliphatic carbocycles. The number of nitrogens with zero attached hydrogens (tertiary/aromatic N) is 6. The predicted molar refractivity (Wildman–Crippen MR) is 133 cm³/mol. The first kappa shape index (κ1) is 20.7. The first-order valence-electron chi connectivity index (χ1n) is 11.1. The Morgan fingerprint density at radius 2 is 1.12 bits per heavy atom. The highest BCUT2D eigenvalue weighted by Crippen LogP contribution is 2.31. The number of anilines is 5. The second-order valence-corrected chi connectivity index (χ2v) is 8.63. The Bertz CT molecular complexity index is 1050. The molecule has 3 aromatic rings. The van der Waals surface area contributed by atoms with E-state index in [1.54, 1.807) is 6.33 Å². The molecule has 0 atom stereocenters. The third-order valence-corrected chi connectivity index (χ3v) is 6.53. The molecule has 166 valence electrons. The summed E-state index contributed by atoms with van der Waals surface area (Å²) >= 11 is 6.17. The van der Waals surface area contributed by atoms with Gasteiger partial charge in [0.05, 0.1) is 0 Å². The lowest BCUT2D eigenvalue weighted by atomic mass is 10.2. The fraction of sp³-hybridized carbons (Fsp3) is 0.333. The molecule has 0 saturated carbocycles. The molecule has 32 heavy (non-hydrogen) atoms. The highest BCUT2D eigenvalue weighted by Gasteiger charge is 2.25. The number of benzene rings is 2. The Morgan fingerprint density at radius 1 is 0.625 bits per heavy atom. The van der Waals surface area contributed by atoms with E-state index in [2.05, 4.69) is 66.0 Å². The zero-order valence-corrected chi connectivity index (χ0v) is 18.8. The standard InChI is InChI=1S/C24H28ClN7/c25-19-5-4-8-21(17-19)30-11-15-32(16-12-30)24-22(26)23(27-18-28-24)31-13-9-29(10-14-31)20-6-2-1-3-7-20/h1-8,17-18H,9-16,26H2. The van der Waals surface area contributed by atoms with Gasteiger partial charge in [-0.05, 0) is 30.3 Å². The van der Waals surface area contributed by atoms with Crippen molar-refractivity contribution in [3.63, 3.8) is 0 Å². The van der Waals surface area contributed by atoms with E-state index in [1.807, 2.05) is 18.2 Å². The van der Waals surface area contributed by atoms with Crippen LogP contribution in [0.5, 0.6) is 0 Å². The fourth-order valence-corrected chi connectivity index (χ4v) is 4.73. The van der Waals surface area contributed by atoms with E-state index < -0.39 is 0 Å². The van der Waals surface area contributed by atoms with Gasteiger partial charge in [-0.1, -0.05) is 35.9 Å². The summed E-state index contributed by atoms with van der Waals surface area (Å²) in [6.45, 7) is 7.17. The van der Waals surface area contributed by atoms with Crippen LogP contribution in [0.25, 0.3) is 0 Å². The Balaban J connectivity index is 1.25. The maximum absolute atomic E-state index is 6.60. The van der Waals surface area contributed by atoms with Gasteiger partial charge in [-0.25, -0.2) is 9.97 Å². The molecule has 0 bridgehead atoms. The van der Waals surface area contributed by atoms with E-state index in [0.717, 1.165) is 74.7 Å². The van der Waals surface area contributed by atoms with Crippen LogP contribution >= 0.6 is 11.6 Å². The summed E-state index contributed by atoms with van der Waals surface area (Å²) in [4.78, 5) is 18.4. The molecule has 0 radical (unpaired) electrons. The van der Waals surface area contributed by atoms with Gasteiger partial charge >= 0.3 is 0 Å². The van der Waals surface area contributed by atoms with Crippen molar-refractivity contribution in [2.45, 2.75) is 0 Å². The summed E-state index contributed by atoms with van der Waals surface area (Å²) in [6.07, 6.45) is 1.65. The highest BCUT2D eigenvalue weighted by molar-refractivity contribution is 6.30. The van der Waals surface area contributed by atoms with E-state index in [-0.39, 0.29) is 0 Å². The molecule has 2 N–H and O–H groups in total. The highest BCUT2D eigenvalue weighted by atomic mass is 35.5. The van der Waals surface area contributed by atoms with Crippen LogP contribution in [0.4, 0.5) is 28.7 Å². The van der Waals surface area contributed by atoms with Gasteiger partial charge in [0.25, 0.3) is 0 Å². The average Bonchev–Trinajstić information content (AvgIpc) is 2.85. The van der Waals surface area contributed by atoms with Gasteiger partial charge in [-0.15, -0.1) is 0 Å². The Hall–Kier alpha value is -3.19. The number of piperazine rings is 2. The van der Waals surface area contributed by atoms with Crippen LogP contribution in [0.3, 0.4) is 0 Å². The van der Waals surface area contributed by atoms with Crippen LogP contribution in [-0.2, 0) is 0 Å². The molecule has 0 unspecified atom stereocenters. The molecular formula is C24H28ClN7. The molecule has 0 spiro atoms. The maximum atomic E-state index is 6.60. The third-order valence-electron chi connectivity index (χ3n) is 6.29. The lowest BCUT2D eigenvalue weighted by Gasteiger charge is -2.39. The first-order valence-corrected chi connectivity index (χ1v) is 11.5. The maximum Gasteiger partial charge on any atom is 0.157 e. The molecule has 2 aliphatic rings. The molecule has 2 aliphatic heterocycles. The number of nitrogens with two attached hydrogens (primary N) is 1. The minimum atomic E-state index is 0.678. The molecule has 1 aromatic heterocycles. The Morgan fingerprint density at radius 3 is 1.69 bits per heavy atom. The normalized spacial score (nSPS) is 17.0. The van der Waals surface area contributed by atoms with Crippen LogP contribution in [0.15, 0.2) is 60.9 Å². The number of hydrogen-bond donors (Lipinski definition) is 1. The summed E-state index contributed by atoms with van der Waals surface area (Å²) in [6, 6.07) is 18.6. The summed E-state index contributed by atoms with van der Waals surface area (Å²) in [5.74, 6) is 1.69. The van der Waals surface area contributed by atoms with Crippen LogP contribution in [0.1, 0.15) is 0 Å². The molecule has 8 heteroatoms. The van der Waals surface area contributed by atoms with E-state index in [9.17, 15) is 0 Å². The van der Waals surface area contributed by atoms with Crippen molar-refractivity contribution in [1.29, 1.82) is 0 Å². The van der Waals surface area contributed by atoms with Crippen molar-refractivity contribution >= 4 is 40.3 Å². The Labute approximate surface area is 194 Å². The molecule has 2 saturated heterocycles. The molecule has 3 heterocycles. The SMILES string of the molecule is Nc1c(N2CCN(c3ccccc3)CC2)ncnc1N1CCN(c2cccc(Cl)c2)CC1. The van der Waals surface area contributed by atoms with Crippen LogP contribution < -0.4 is 25.3 Å². The monoisotopic (exact) mass is 449 g/mol. The Kier molecular flexibility index (Phi) is 5.90. The molecular weight excluding hydrogens is 422 g/mol. The second-order valence-electron chi connectivity index (χ2n) is 8.20. The molecule has 0 amide bonds. The van der Waals surface area contributed by atoms with Gasteiger partial charge in [0.2, 0.25) is 0 Å². The van der Waals surface area contributed by atoms with Crippen LogP contribution in [-0.4, -0.2) is 62.3 Å². The van der Waals surface area contributed by atoms with Gasteiger partial charge in [0.1, 0.15) is 12.0 Å². The minimum Gasteiger partial charge on any atom is -0.393 e. The average molecular weight is 450 g/mol. The van der Waals surface area contributed by atoms with E-state index >= 15 is 0 Å². The first-order chi connectivity index (χ1) is 15.7. The predicted octanol–water partition coefficient (Wildman–Crippen LogP) is 3.37.